The van der Waals surface area contributed by atoms with Gasteiger partial charge in [-0.3, -0.25) is 9.69 Å². The summed E-state index contributed by atoms with van der Waals surface area (Å²) in [6.45, 7) is 7.64. The van der Waals surface area contributed by atoms with Gasteiger partial charge in [0.25, 0.3) is 0 Å². The molecule has 0 radical (unpaired) electrons. The smallest absolute Gasteiger partial charge is 0.227 e. The Bertz CT molecular complexity index is 1280. The van der Waals surface area contributed by atoms with Gasteiger partial charge in [0.1, 0.15) is 5.82 Å². The van der Waals surface area contributed by atoms with Gasteiger partial charge in [-0.05, 0) is 49.4 Å². The van der Waals surface area contributed by atoms with Crippen LogP contribution in [0.25, 0.3) is 11.3 Å². The second-order valence-corrected chi connectivity index (χ2v) is 8.87. The zero-order valence-corrected chi connectivity index (χ0v) is 20.5. The molecule has 9 nitrogen and oxygen atoms in total. The maximum absolute atomic E-state index is 11.2. The summed E-state index contributed by atoms with van der Waals surface area (Å²) in [6, 6.07) is 18.1. The minimum atomic E-state index is -0.0933. The molecule has 0 unspecified atom stereocenters. The molecule has 1 fully saturated rings. The SMILES string of the molecule is CC(=O)Nc1ccc(-c2ccnc(Nc3ccc(N4CCN([C@H](C)c5ncc[nH]5)CC4)cc3)n2)cc1. The summed E-state index contributed by atoms with van der Waals surface area (Å²) in [5.74, 6) is 1.46. The molecule has 1 aliphatic heterocycles. The fourth-order valence-corrected chi connectivity index (χ4v) is 4.44. The van der Waals surface area contributed by atoms with Gasteiger partial charge in [0.05, 0.1) is 11.7 Å². The number of aromatic nitrogens is 4. The molecule has 0 bridgehead atoms. The van der Waals surface area contributed by atoms with Gasteiger partial charge in [-0.1, -0.05) is 12.1 Å². The van der Waals surface area contributed by atoms with Gasteiger partial charge in [0.2, 0.25) is 11.9 Å². The Morgan fingerprint density at radius 3 is 2.31 bits per heavy atom. The molecule has 9 heteroatoms. The van der Waals surface area contributed by atoms with Gasteiger partial charge in [0, 0.05) is 74.3 Å². The summed E-state index contributed by atoms with van der Waals surface area (Å²) < 4.78 is 0. The van der Waals surface area contributed by atoms with Crippen molar-refractivity contribution in [3.63, 3.8) is 0 Å². The van der Waals surface area contributed by atoms with Crippen LogP contribution in [0.2, 0.25) is 0 Å². The van der Waals surface area contributed by atoms with Gasteiger partial charge in [-0.2, -0.15) is 0 Å². The van der Waals surface area contributed by atoms with E-state index in [9.17, 15) is 4.79 Å². The molecule has 1 amide bonds. The number of imidazole rings is 1. The molecule has 0 spiro atoms. The minimum Gasteiger partial charge on any atom is -0.369 e. The lowest BCUT2D eigenvalue weighted by atomic mass is 10.1. The van der Waals surface area contributed by atoms with E-state index in [-0.39, 0.29) is 5.91 Å². The molecular formula is C27H30N8O. The van der Waals surface area contributed by atoms with Crippen molar-refractivity contribution in [2.45, 2.75) is 19.9 Å². The number of benzene rings is 2. The maximum atomic E-state index is 11.2. The van der Waals surface area contributed by atoms with E-state index in [1.807, 2.05) is 42.7 Å². The van der Waals surface area contributed by atoms with Gasteiger partial charge in [0.15, 0.2) is 0 Å². The molecule has 36 heavy (non-hydrogen) atoms. The highest BCUT2D eigenvalue weighted by Gasteiger charge is 2.23. The first-order valence-electron chi connectivity index (χ1n) is 12.1. The van der Waals surface area contributed by atoms with Crippen molar-refractivity contribution in [2.75, 3.05) is 41.7 Å². The summed E-state index contributed by atoms with van der Waals surface area (Å²) in [4.78, 5) is 32.8. The van der Waals surface area contributed by atoms with Crippen LogP contribution in [0.3, 0.4) is 0 Å². The number of carbonyl (C=O) groups is 1. The number of amides is 1. The first kappa shape index (κ1) is 23.5. The van der Waals surface area contributed by atoms with E-state index >= 15 is 0 Å². The molecule has 2 aromatic carbocycles. The van der Waals surface area contributed by atoms with Crippen LogP contribution >= 0.6 is 0 Å². The molecule has 5 rings (SSSR count). The highest BCUT2D eigenvalue weighted by Crippen LogP contribution is 2.25. The molecule has 4 aromatic rings. The van der Waals surface area contributed by atoms with Crippen molar-refractivity contribution in [1.82, 2.24) is 24.8 Å². The van der Waals surface area contributed by atoms with E-state index in [2.05, 4.69) is 71.6 Å². The second kappa shape index (κ2) is 10.6. The standard InChI is InChI=1S/C27H30N8O/c1-19(26-28-13-14-29-26)34-15-17-35(18-16-34)24-9-7-23(8-10-24)32-27-30-12-11-25(33-27)21-3-5-22(6-4-21)31-20(2)36/h3-14,19H,15-18H2,1-2H3,(H,28,29)(H,31,36)(H,30,32,33)/t19-/m1/s1. The van der Waals surface area contributed by atoms with Crippen LogP contribution in [0, 0.1) is 0 Å². The molecule has 3 heterocycles. The number of H-pyrrole nitrogens is 1. The zero-order valence-electron chi connectivity index (χ0n) is 20.5. The fourth-order valence-electron chi connectivity index (χ4n) is 4.44. The first-order valence-corrected chi connectivity index (χ1v) is 12.1. The number of aromatic amines is 1. The monoisotopic (exact) mass is 482 g/mol. The molecule has 0 aliphatic carbocycles. The highest BCUT2D eigenvalue weighted by molar-refractivity contribution is 5.88. The van der Waals surface area contributed by atoms with Crippen LogP contribution in [-0.2, 0) is 4.79 Å². The molecular weight excluding hydrogens is 452 g/mol. The van der Waals surface area contributed by atoms with Crippen LogP contribution in [0.15, 0.2) is 73.2 Å². The Morgan fingerprint density at radius 1 is 0.917 bits per heavy atom. The number of carbonyl (C=O) groups excluding carboxylic acids is 1. The van der Waals surface area contributed by atoms with Crippen LogP contribution in [0.4, 0.5) is 23.0 Å². The van der Waals surface area contributed by atoms with Crippen LogP contribution < -0.4 is 15.5 Å². The lowest BCUT2D eigenvalue weighted by Crippen LogP contribution is -2.47. The molecule has 1 saturated heterocycles. The van der Waals surface area contributed by atoms with E-state index in [4.69, 9.17) is 0 Å². The molecule has 0 saturated carbocycles. The van der Waals surface area contributed by atoms with Gasteiger partial charge >= 0.3 is 0 Å². The lowest BCUT2D eigenvalue weighted by Gasteiger charge is -2.38. The number of anilines is 4. The normalized spacial score (nSPS) is 14.9. The van der Waals surface area contributed by atoms with E-state index in [1.165, 1.54) is 12.6 Å². The van der Waals surface area contributed by atoms with E-state index in [0.717, 1.165) is 54.6 Å². The summed E-state index contributed by atoms with van der Waals surface area (Å²) in [7, 11) is 0. The van der Waals surface area contributed by atoms with Crippen molar-refractivity contribution >= 4 is 28.9 Å². The highest BCUT2D eigenvalue weighted by atomic mass is 16.1. The molecule has 3 N–H and O–H groups in total. The van der Waals surface area contributed by atoms with Crippen molar-refractivity contribution in [3.8, 4) is 11.3 Å². The topological polar surface area (TPSA) is 102 Å². The van der Waals surface area contributed by atoms with Crippen molar-refractivity contribution < 1.29 is 4.79 Å². The molecule has 2 aromatic heterocycles. The second-order valence-electron chi connectivity index (χ2n) is 8.87. The third kappa shape index (κ3) is 5.52. The predicted octanol–water partition coefficient (Wildman–Crippen LogP) is 4.45. The van der Waals surface area contributed by atoms with Crippen LogP contribution in [-0.4, -0.2) is 56.9 Å². The average molecular weight is 483 g/mol. The van der Waals surface area contributed by atoms with Crippen molar-refractivity contribution in [1.29, 1.82) is 0 Å². The molecule has 184 valence electrons. The third-order valence-electron chi connectivity index (χ3n) is 6.42. The Morgan fingerprint density at radius 2 is 1.64 bits per heavy atom. The summed E-state index contributed by atoms with van der Waals surface area (Å²) in [5, 5.41) is 6.08. The summed E-state index contributed by atoms with van der Waals surface area (Å²) in [5.41, 5.74) is 4.65. The Kier molecular flexibility index (Phi) is 6.90. The maximum Gasteiger partial charge on any atom is 0.227 e. The van der Waals surface area contributed by atoms with Crippen LogP contribution in [0.5, 0.6) is 0 Å². The zero-order chi connectivity index (χ0) is 24.9. The predicted molar refractivity (Wildman–Crippen MR) is 142 cm³/mol. The van der Waals surface area contributed by atoms with Gasteiger partial charge in [-0.25, -0.2) is 15.0 Å². The number of rotatable bonds is 7. The Hall–Kier alpha value is -4.24. The number of hydrogen-bond donors (Lipinski definition) is 3. The Balaban J connectivity index is 1.19. The fraction of sp³-hybridized carbons (Fsp3) is 0.259. The van der Waals surface area contributed by atoms with Crippen molar-refractivity contribution in [2.24, 2.45) is 0 Å². The molecule has 1 aliphatic rings. The first-order chi connectivity index (χ1) is 17.5. The lowest BCUT2D eigenvalue weighted by molar-refractivity contribution is -0.114. The number of nitrogens with zero attached hydrogens (tertiary/aromatic N) is 5. The third-order valence-corrected chi connectivity index (χ3v) is 6.42. The van der Waals surface area contributed by atoms with Crippen LogP contribution in [0.1, 0.15) is 25.7 Å². The van der Waals surface area contributed by atoms with Crippen molar-refractivity contribution in [3.05, 3.63) is 79.0 Å². The molecule has 1 atom stereocenters. The average Bonchev–Trinajstić information content (AvgIpc) is 3.44. The number of piperazine rings is 1. The van der Waals surface area contributed by atoms with Gasteiger partial charge in [-0.15, -0.1) is 0 Å². The number of hydrogen-bond acceptors (Lipinski definition) is 7. The summed E-state index contributed by atoms with van der Waals surface area (Å²) >= 11 is 0. The minimum absolute atomic E-state index is 0.0933. The quantitative estimate of drug-likeness (QED) is 0.358. The largest absolute Gasteiger partial charge is 0.369 e. The van der Waals surface area contributed by atoms with E-state index in [0.29, 0.717) is 12.0 Å². The van der Waals surface area contributed by atoms with E-state index < -0.39 is 0 Å². The van der Waals surface area contributed by atoms with E-state index in [1.54, 1.807) is 6.20 Å². The Labute approximate surface area is 210 Å². The van der Waals surface area contributed by atoms with Gasteiger partial charge < -0.3 is 20.5 Å². The number of nitrogens with one attached hydrogen (secondary N) is 3. The summed E-state index contributed by atoms with van der Waals surface area (Å²) in [6.07, 6.45) is 5.43.